The van der Waals surface area contributed by atoms with Crippen LogP contribution < -0.4 is 10.6 Å². The van der Waals surface area contributed by atoms with Gasteiger partial charge in [0, 0.05) is 5.02 Å². The van der Waals surface area contributed by atoms with E-state index in [1.807, 2.05) is 13.8 Å². The molecule has 1 amide bonds. The Labute approximate surface area is 201 Å². The lowest BCUT2D eigenvalue weighted by atomic mass is 9.70. The Morgan fingerprint density at radius 3 is 2.61 bits per heavy atom. The molecule has 1 aromatic rings. The molecular weight excluding hydrogens is 478 g/mol. The molecule has 33 heavy (non-hydrogen) atoms. The van der Waals surface area contributed by atoms with E-state index in [9.17, 15) is 24.3 Å². The summed E-state index contributed by atoms with van der Waals surface area (Å²) in [5.41, 5.74) is -1.72. The fourth-order valence-corrected chi connectivity index (χ4v) is 3.64. The lowest BCUT2D eigenvalue weighted by Crippen LogP contribution is -2.61. The Morgan fingerprint density at radius 2 is 2.00 bits per heavy atom. The summed E-state index contributed by atoms with van der Waals surface area (Å²) in [5.74, 6) is -4.59. The zero-order valence-corrected chi connectivity index (χ0v) is 19.9. The summed E-state index contributed by atoms with van der Waals surface area (Å²) >= 11 is 12.0. The highest BCUT2D eigenvalue weighted by Gasteiger charge is 2.54. The number of carbonyl (C=O) groups is 4. The van der Waals surface area contributed by atoms with Crippen LogP contribution in [0, 0.1) is 5.92 Å². The van der Waals surface area contributed by atoms with Crippen molar-refractivity contribution in [1.82, 2.24) is 5.32 Å². The summed E-state index contributed by atoms with van der Waals surface area (Å²) in [6, 6.07) is 4.74. The molecule has 1 aliphatic heterocycles. The van der Waals surface area contributed by atoms with Gasteiger partial charge in [-0.25, -0.2) is 4.79 Å². The van der Waals surface area contributed by atoms with Crippen molar-refractivity contribution in [2.75, 3.05) is 19.0 Å². The number of aliphatic carboxylic acids is 1. The average molecular weight is 503 g/mol. The first kappa shape index (κ1) is 26.8. The zero-order valence-electron chi connectivity index (χ0n) is 18.4. The van der Waals surface area contributed by atoms with Crippen LogP contribution in [0.4, 0.5) is 5.69 Å². The predicted octanol–water partition coefficient (Wildman–Crippen LogP) is 2.31. The smallest absolute Gasteiger partial charge is 0.508 e. The van der Waals surface area contributed by atoms with Crippen molar-refractivity contribution in [3.8, 4) is 0 Å². The molecule has 13 heteroatoms. The highest BCUT2D eigenvalue weighted by Crippen LogP contribution is 2.30. The van der Waals surface area contributed by atoms with Crippen LogP contribution in [-0.2, 0) is 33.2 Å². The molecule has 0 spiro atoms. The van der Waals surface area contributed by atoms with Gasteiger partial charge in [-0.3, -0.25) is 14.4 Å². The van der Waals surface area contributed by atoms with Crippen LogP contribution in [-0.4, -0.2) is 61.2 Å². The molecule has 0 bridgehead atoms. The molecule has 0 aliphatic carbocycles. The number of carbonyl (C=O) groups excluding carboxylic acids is 3. The van der Waals surface area contributed by atoms with Gasteiger partial charge in [0.1, 0.15) is 0 Å². The molecule has 1 aliphatic rings. The second-order valence-corrected chi connectivity index (χ2v) is 8.83. The molecule has 3 N–H and O–H groups in total. The number of carboxylic acids is 1. The standard InChI is InChI=1S/C20H25BCl2N2O8/c1-11(2)6-15(25-16(26)10-24-14-7-12(22)4-5-13(14)23)21-32-18(28)9-20(33-21,19(29)30)8-17(27)31-3/h4-5,7,11,15,24H,6,8-10H2,1-3H3,(H,25,26)(H,29,30)/t15-,20-/m0/s1. The molecule has 0 unspecified atom stereocenters. The first-order chi connectivity index (χ1) is 15.5. The van der Waals surface area contributed by atoms with Gasteiger partial charge >= 0.3 is 19.1 Å². The van der Waals surface area contributed by atoms with Crippen LogP contribution in [0.5, 0.6) is 0 Å². The molecular formula is C20H25BCl2N2O8. The van der Waals surface area contributed by atoms with E-state index < -0.39 is 55.3 Å². The Balaban J connectivity index is 2.17. The van der Waals surface area contributed by atoms with Gasteiger partial charge in [0.05, 0.1) is 43.1 Å². The minimum absolute atomic E-state index is 0.0229. The third kappa shape index (κ3) is 7.51. The quantitative estimate of drug-likeness (QED) is 0.324. The number of nitrogens with one attached hydrogen (secondary N) is 2. The van der Waals surface area contributed by atoms with Crippen molar-refractivity contribution >= 4 is 59.8 Å². The van der Waals surface area contributed by atoms with E-state index in [1.165, 1.54) is 0 Å². The van der Waals surface area contributed by atoms with Crippen LogP contribution in [0.3, 0.4) is 0 Å². The van der Waals surface area contributed by atoms with E-state index in [4.69, 9.17) is 32.5 Å². The largest absolute Gasteiger partial charge is 0.552 e. The zero-order chi connectivity index (χ0) is 24.8. The molecule has 10 nitrogen and oxygen atoms in total. The van der Waals surface area contributed by atoms with Crippen LogP contribution in [0.1, 0.15) is 33.1 Å². The summed E-state index contributed by atoms with van der Waals surface area (Å²) < 4.78 is 15.4. The Bertz CT molecular complexity index is 916. The highest BCUT2D eigenvalue weighted by molar-refractivity contribution is 6.50. The maximum atomic E-state index is 12.6. The second-order valence-electron chi connectivity index (χ2n) is 7.99. The van der Waals surface area contributed by atoms with Gasteiger partial charge in [-0.2, -0.15) is 0 Å². The topological polar surface area (TPSA) is 140 Å². The minimum atomic E-state index is -2.17. The number of anilines is 1. The van der Waals surface area contributed by atoms with Crippen molar-refractivity contribution in [3.63, 3.8) is 0 Å². The average Bonchev–Trinajstić information content (AvgIpc) is 2.72. The van der Waals surface area contributed by atoms with Crippen LogP contribution in [0.2, 0.25) is 10.0 Å². The Kier molecular flexibility index (Phi) is 9.39. The first-order valence-electron chi connectivity index (χ1n) is 10.1. The number of benzene rings is 1. The number of hydrogen-bond acceptors (Lipinski definition) is 8. The maximum Gasteiger partial charge on any atom is 0.552 e. The molecule has 1 saturated heterocycles. The lowest BCUT2D eigenvalue weighted by Gasteiger charge is -2.38. The lowest BCUT2D eigenvalue weighted by molar-refractivity contribution is -0.175. The van der Waals surface area contributed by atoms with E-state index in [1.54, 1.807) is 18.2 Å². The summed E-state index contributed by atoms with van der Waals surface area (Å²) in [7, 11) is -0.328. The molecule has 1 aromatic carbocycles. The highest BCUT2D eigenvalue weighted by atomic mass is 35.5. The molecule has 2 rings (SSSR count). The SMILES string of the molecule is COC(=O)C[C@@]1(C(=O)O)CC(=O)OB([C@H](CC(C)C)NC(=O)CNc2cc(Cl)ccc2Cl)O1. The molecule has 1 fully saturated rings. The molecule has 0 radical (unpaired) electrons. The van der Waals surface area contributed by atoms with Crippen LogP contribution >= 0.6 is 23.2 Å². The van der Waals surface area contributed by atoms with E-state index >= 15 is 0 Å². The normalized spacial score (nSPS) is 19.0. The number of carboxylic acid groups (broad SMARTS) is 1. The van der Waals surface area contributed by atoms with E-state index in [0.717, 1.165) is 7.11 Å². The predicted molar refractivity (Wildman–Crippen MR) is 121 cm³/mol. The maximum absolute atomic E-state index is 12.6. The number of amides is 1. The molecule has 180 valence electrons. The first-order valence-corrected chi connectivity index (χ1v) is 10.9. The number of hydrogen-bond donors (Lipinski definition) is 3. The van der Waals surface area contributed by atoms with Crippen molar-refractivity contribution in [2.45, 2.75) is 44.7 Å². The number of esters is 1. The van der Waals surface area contributed by atoms with E-state index in [-0.39, 0.29) is 12.5 Å². The van der Waals surface area contributed by atoms with Crippen molar-refractivity contribution in [3.05, 3.63) is 28.2 Å². The van der Waals surface area contributed by atoms with Gasteiger partial charge in [0.2, 0.25) is 5.91 Å². The van der Waals surface area contributed by atoms with Gasteiger partial charge in [-0.15, -0.1) is 0 Å². The molecule has 2 atom stereocenters. The van der Waals surface area contributed by atoms with Gasteiger partial charge in [-0.1, -0.05) is 37.0 Å². The van der Waals surface area contributed by atoms with Gasteiger partial charge in [0.25, 0.3) is 5.97 Å². The summed E-state index contributed by atoms with van der Waals surface area (Å²) in [5, 5.41) is 16.1. The van der Waals surface area contributed by atoms with E-state index in [0.29, 0.717) is 22.2 Å². The molecule has 0 saturated carbocycles. The number of methoxy groups -OCH3 is 1. The summed E-state index contributed by atoms with van der Waals surface area (Å²) in [4.78, 5) is 48.6. The van der Waals surface area contributed by atoms with Crippen molar-refractivity contribution < 1.29 is 38.3 Å². The fraction of sp³-hybridized carbons (Fsp3) is 0.500. The van der Waals surface area contributed by atoms with Gasteiger partial charge < -0.3 is 29.8 Å². The fourth-order valence-electron chi connectivity index (χ4n) is 3.28. The third-order valence-electron chi connectivity index (χ3n) is 4.83. The van der Waals surface area contributed by atoms with Gasteiger partial charge in [0.15, 0.2) is 5.60 Å². The number of halogens is 2. The second kappa shape index (κ2) is 11.6. The third-order valence-corrected chi connectivity index (χ3v) is 5.40. The van der Waals surface area contributed by atoms with Crippen LogP contribution in [0.15, 0.2) is 18.2 Å². The van der Waals surface area contributed by atoms with E-state index in [2.05, 4.69) is 15.4 Å². The van der Waals surface area contributed by atoms with Crippen LogP contribution in [0.25, 0.3) is 0 Å². The monoisotopic (exact) mass is 502 g/mol. The molecule has 0 aromatic heterocycles. The summed E-state index contributed by atoms with van der Waals surface area (Å²) in [6.07, 6.45) is -1.07. The summed E-state index contributed by atoms with van der Waals surface area (Å²) in [6.45, 7) is 3.54. The van der Waals surface area contributed by atoms with Gasteiger partial charge in [-0.05, 0) is 30.5 Å². The Hall–Kier alpha value is -2.50. The van der Waals surface area contributed by atoms with Crippen molar-refractivity contribution in [2.24, 2.45) is 5.92 Å². The number of ether oxygens (including phenoxy) is 1. The minimum Gasteiger partial charge on any atom is -0.508 e. The van der Waals surface area contributed by atoms with Crippen molar-refractivity contribution in [1.29, 1.82) is 0 Å². The molecule has 1 heterocycles. The Morgan fingerprint density at radius 1 is 1.30 bits per heavy atom. The number of rotatable bonds is 10.